The monoisotopic (exact) mass is 201 g/mol. The summed E-state index contributed by atoms with van der Waals surface area (Å²) in [5, 5.41) is 0. The number of thiocarbonyl (C=S) groups is 1. The Balaban J connectivity index is 2.50. The Morgan fingerprint density at radius 3 is 2.62 bits per heavy atom. The molecule has 4 heteroatoms. The van der Waals surface area contributed by atoms with Gasteiger partial charge < -0.3 is 10.6 Å². The van der Waals surface area contributed by atoms with Gasteiger partial charge in [0, 0.05) is 25.7 Å². The second kappa shape index (κ2) is 4.35. The smallest absolute Gasteiger partial charge is 0.0899 e. The van der Waals surface area contributed by atoms with E-state index in [2.05, 4.69) is 30.7 Å². The average molecular weight is 201 g/mol. The number of piperazine rings is 1. The molecule has 1 fully saturated rings. The minimum atomic E-state index is 0.242. The Bertz CT molecular complexity index is 195. The van der Waals surface area contributed by atoms with Crippen LogP contribution in [0.3, 0.4) is 0 Å². The fraction of sp³-hybridized carbons (Fsp3) is 0.889. The van der Waals surface area contributed by atoms with Gasteiger partial charge in [0.2, 0.25) is 0 Å². The standard InChI is InChI=1S/C9H19N3S/c1-7-6-12(5-4-11(7)3)8(2)9(10)13/h7-8H,4-6H2,1-3H3,(H2,10,13). The maximum absolute atomic E-state index is 5.62. The Morgan fingerprint density at radius 2 is 2.15 bits per heavy atom. The summed E-state index contributed by atoms with van der Waals surface area (Å²) in [6.07, 6.45) is 0. The van der Waals surface area contributed by atoms with Crippen molar-refractivity contribution < 1.29 is 0 Å². The summed E-state index contributed by atoms with van der Waals surface area (Å²) in [5.74, 6) is 0. The van der Waals surface area contributed by atoms with Crippen LogP contribution in [0.5, 0.6) is 0 Å². The van der Waals surface area contributed by atoms with Crippen LogP contribution in [0, 0.1) is 0 Å². The Kier molecular flexibility index (Phi) is 3.64. The van der Waals surface area contributed by atoms with Crippen LogP contribution in [0.15, 0.2) is 0 Å². The summed E-state index contributed by atoms with van der Waals surface area (Å²) < 4.78 is 0. The van der Waals surface area contributed by atoms with E-state index in [-0.39, 0.29) is 6.04 Å². The van der Waals surface area contributed by atoms with Gasteiger partial charge in [-0.2, -0.15) is 0 Å². The second-order valence-electron chi connectivity index (χ2n) is 3.90. The van der Waals surface area contributed by atoms with Crippen molar-refractivity contribution in [2.24, 2.45) is 5.73 Å². The largest absolute Gasteiger partial charge is 0.392 e. The zero-order valence-corrected chi connectivity index (χ0v) is 9.47. The molecule has 0 aromatic carbocycles. The van der Waals surface area contributed by atoms with Crippen molar-refractivity contribution in [2.75, 3.05) is 26.7 Å². The molecule has 0 aliphatic carbocycles. The van der Waals surface area contributed by atoms with E-state index in [1.54, 1.807) is 0 Å². The molecule has 0 amide bonds. The number of hydrogen-bond acceptors (Lipinski definition) is 3. The molecule has 13 heavy (non-hydrogen) atoms. The summed E-state index contributed by atoms with van der Waals surface area (Å²) in [5.41, 5.74) is 5.62. The van der Waals surface area contributed by atoms with Crippen molar-refractivity contribution in [3.63, 3.8) is 0 Å². The van der Waals surface area contributed by atoms with Gasteiger partial charge in [0.25, 0.3) is 0 Å². The van der Waals surface area contributed by atoms with Crippen molar-refractivity contribution in [2.45, 2.75) is 25.9 Å². The number of nitrogens with zero attached hydrogens (tertiary/aromatic N) is 2. The predicted molar refractivity (Wildman–Crippen MR) is 59.9 cm³/mol. The number of rotatable bonds is 2. The van der Waals surface area contributed by atoms with Crippen LogP contribution in [0.2, 0.25) is 0 Å². The van der Waals surface area contributed by atoms with Gasteiger partial charge in [0.15, 0.2) is 0 Å². The van der Waals surface area contributed by atoms with Crippen molar-refractivity contribution in [3.05, 3.63) is 0 Å². The van der Waals surface area contributed by atoms with Crippen molar-refractivity contribution in [3.8, 4) is 0 Å². The number of hydrogen-bond donors (Lipinski definition) is 1. The SMILES string of the molecule is CC1CN(C(C)C(N)=S)CCN1C. The fourth-order valence-corrected chi connectivity index (χ4v) is 1.76. The highest BCUT2D eigenvalue weighted by molar-refractivity contribution is 7.80. The van der Waals surface area contributed by atoms with Crippen LogP contribution in [-0.4, -0.2) is 53.6 Å². The lowest BCUT2D eigenvalue weighted by molar-refractivity contribution is 0.0962. The van der Waals surface area contributed by atoms with Gasteiger partial charge in [-0.15, -0.1) is 0 Å². The highest BCUT2D eigenvalue weighted by atomic mass is 32.1. The second-order valence-corrected chi connectivity index (χ2v) is 4.37. The van der Waals surface area contributed by atoms with Crippen LogP contribution in [0.25, 0.3) is 0 Å². The lowest BCUT2D eigenvalue weighted by Crippen LogP contribution is -2.55. The number of likely N-dealkylation sites (N-methyl/N-ethyl adjacent to an activating group) is 1. The van der Waals surface area contributed by atoms with E-state index in [9.17, 15) is 0 Å². The van der Waals surface area contributed by atoms with E-state index in [0.29, 0.717) is 11.0 Å². The molecule has 0 aromatic heterocycles. The Labute approximate surface area is 85.9 Å². The van der Waals surface area contributed by atoms with Crippen molar-refractivity contribution >= 4 is 17.2 Å². The number of nitrogens with two attached hydrogens (primary N) is 1. The first-order valence-electron chi connectivity index (χ1n) is 4.76. The molecule has 0 spiro atoms. The molecular weight excluding hydrogens is 182 g/mol. The minimum Gasteiger partial charge on any atom is -0.392 e. The molecule has 0 saturated carbocycles. The summed E-state index contributed by atoms with van der Waals surface area (Å²) in [6.45, 7) is 7.56. The molecule has 1 rings (SSSR count). The van der Waals surface area contributed by atoms with E-state index in [1.807, 2.05) is 0 Å². The third kappa shape index (κ3) is 2.62. The third-order valence-corrected chi connectivity index (χ3v) is 3.29. The molecule has 1 saturated heterocycles. The van der Waals surface area contributed by atoms with E-state index in [1.165, 1.54) is 0 Å². The minimum absolute atomic E-state index is 0.242. The van der Waals surface area contributed by atoms with Crippen LogP contribution in [-0.2, 0) is 0 Å². The maximum atomic E-state index is 5.62. The summed E-state index contributed by atoms with van der Waals surface area (Å²) in [6, 6.07) is 0.844. The molecule has 3 nitrogen and oxygen atoms in total. The van der Waals surface area contributed by atoms with Crippen molar-refractivity contribution in [1.82, 2.24) is 9.80 Å². The zero-order valence-electron chi connectivity index (χ0n) is 8.66. The van der Waals surface area contributed by atoms with Gasteiger partial charge in [0.1, 0.15) is 0 Å². The van der Waals surface area contributed by atoms with Crippen LogP contribution >= 0.6 is 12.2 Å². The fourth-order valence-electron chi connectivity index (χ4n) is 1.61. The summed E-state index contributed by atoms with van der Waals surface area (Å²) in [7, 11) is 2.16. The zero-order chi connectivity index (χ0) is 10.0. The molecular formula is C9H19N3S. The molecule has 1 aliphatic rings. The van der Waals surface area contributed by atoms with Gasteiger partial charge in [-0.3, -0.25) is 4.90 Å². The molecule has 2 unspecified atom stereocenters. The maximum Gasteiger partial charge on any atom is 0.0899 e. The summed E-state index contributed by atoms with van der Waals surface area (Å²) >= 11 is 4.99. The highest BCUT2D eigenvalue weighted by Gasteiger charge is 2.24. The lowest BCUT2D eigenvalue weighted by Gasteiger charge is -2.40. The molecule has 0 bridgehead atoms. The summed E-state index contributed by atoms with van der Waals surface area (Å²) in [4.78, 5) is 5.33. The quantitative estimate of drug-likeness (QED) is 0.651. The van der Waals surface area contributed by atoms with Gasteiger partial charge >= 0.3 is 0 Å². The van der Waals surface area contributed by atoms with E-state index in [4.69, 9.17) is 18.0 Å². The van der Waals surface area contributed by atoms with E-state index >= 15 is 0 Å². The van der Waals surface area contributed by atoms with Crippen LogP contribution in [0.1, 0.15) is 13.8 Å². The van der Waals surface area contributed by atoms with Crippen LogP contribution in [0.4, 0.5) is 0 Å². The Hall–Kier alpha value is -0.190. The topological polar surface area (TPSA) is 32.5 Å². The van der Waals surface area contributed by atoms with E-state index < -0.39 is 0 Å². The first-order valence-corrected chi connectivity index (χ1v) is 5.16. The average Bonchev–Trinajstić information content (AvgIpc) is 2.08. The van der Waals surface area contributed by atoms with Gasteiger partial charge in [-0.05, 0) is 20.9 Å². The third-order valence-electron chi connectivity index (χ3n) is 2.95. The van der Waals surface area contributed by atoms with E-state index in [0.717, 1.165) is 19.6 Å². The molecule has 1 aliphatic heterocycles. The van der Waals surface area contributed by atoms with Crippen molar-refractivity contribution in [1.29, 1.82) is 0 Å². The molecule has 2 atom stereocenters. The highest BCUT2D eigenvalue weighted by Crippen LogP contribution is 2.10. The lowest BCUT2D eigenvalue weighted by atomic mass is 10.1. The normalized spacial score (nSPS) is 28.7. The molecule has 0 aromatic rings. The molecule has 2 N–H and O–H groups in total. The predicted octanol–water partition coefficient (Wildman–Crippen LogP) is 0.297. The molecule has 0 radical (unpaired) electrons. The van der Waals surface area contributed by atoms with Gasteiger partial charge in [-0.25, -0.2) is 0 Å². The van der Waals surface area contributed by atoms with Crippen LogP contribution < -0.4 is 5.73 Å². The first-order chi connectivity index (χ1) is 6.02. The van der Waals surface area contributed by atoms with Gasteiger partial charge in [-0.1, -0.05) is 12.2 Å². The Morgan fingerprint density at radius 1 is 1.54 bits per heavy atom. The van der Waals surface area contributed by atoms with Gasteiger partial charge in [0.05, 0.1) is 11.0 Å². The molecule has 76 valence electrons. The first kappa shape index (κ1) is 10.9. The molecule has 1 heterocycles.